The van der Waals surface area contributed by atoms with Gasteiger partial charge in [0.1, 0.15) is 11.5 Å². The highest BCUT2D eigenvalue weighted by atomic mass is 16.5. The SMILES string of the molecule is COc1ccc(CNC(=O)[C@@H](C)Oc2ccc(-c3nnco3)cc2)cc1. The molecule has 0 unspecified atom stereocenters. The minimum atomic E-state index is -0.623. The van der Waals surface area contributed by atoms with Crippen LogP contribution in [0.25, 0.3) is 11.5 Å². The van der Waals surface area contributed by atoms with Gasteiger partial charge in [-0.2, -0.15) is 0 Å². The van der Waals surface area contributed by atoms with Crippen LogP contribution in [0.3, 0.4) is 0 Å². The predicted octanol–water partition coefficient (Wildman–Crippen LogP) is 2.83. The number of benzene rings is 2. The number of nitrogens with zero attached hydrogens (tertiary/aromatic N) is 2. The van der Waals surface area contributed by atoms with Crippen molar-refractivity contribution >= 4 is 5.91 Å². The normalized spacial score (nSPS) is 11.6. The van der Waals surface area contributed by atoms with Crippen molar-refractivity contribution in [2.75, 3.05) is 7.11 Å². The van der Waals surface area contributed by atoms with E-state index in [4.69, 9.17) is 13.9 Å². The highest BCUT2D eigenvalue weighted by Crippen LogP contribution is 2.21. The maximum Gasteiger partial charge on any atom is 0.261 e. The minimum absolute atomic E-state index is 0.193. The molecule has 2 aromatic carbocycles. The van der Waals surface area contributed by atoms with Gasteiger partial charge in [-0.25, -0.2) is 0 Å². The van der Waals surface area contributed by atoms with E-state index in [1.165, 1.54) is 6.39 Å². The largest absolute Gasteiger partial charge is 0.497 e. The summed E-state index contributed by atoms with van der Waals surface area (Å²) in [7, 11) is 1.62. The summed E-state index contributed by atoms with van der Waals surface area (Å²) in [5.74, 6) is 1.60. The first-order valence-electron chi connectivity index (χ1n) is 8.09. The quantitative estimate of drug-likeness (QED) is 0.703. The Labute approximate surface area is 151 Å². The molecular formula is C19H19N3O4. The van der Waals surface area contributed by atoms with E-state index in [1.54, 1.807) is 38.3 Å². The van der Waals surface area contributed by atoms with Crippen LogP contribution in [0.5, 0.6) is 11.5 Å². The van der Waals surface area contributed by atoms with Crippen molar-refractivity contribution in [2.24, 2.45) is 0 Å². The van der Waals surface area contributed by atoms with Crippen LogP contribution in [0, 0.1) is 0 Å². The molecule has 0 saturated heterocycles. The number of nitrogens with one attached hydrogen (secondary N) is 1. The van der Waals surface area contributed by atoms with Crippen molar-refractivity contribution in [1.29, 1.82) is 0 Å². The average Bonchev–Trinajstić information content (AvgIpc) is 3.22. The maximum atomic E-state index is 12.2. The number of carbonyl (C=O) groups excluding carboxylic acids is 1. The lowest BCUT2D eigenvalue weighted by Crippen LogP contribution is -2.35. The molecule has 1 atom stereocenters. The van der Waals surface area contributed by atoms with Crippen LogP contribution in [-0.2, 0) is 11.3 Å². The number of methoxy groups -OCH3 is 1. The zero-order valence-corrected chi connectivity index (χ0v) is 14.5. The summed E-state index contributed by atoms with van der Waals surface area (Å²) in [6, 6.07) is 14.6. The van der Waals surface area contributed by atoms with E-state index in [1.807, 2.05) is 24.3 Å². The molecule has 3 rings (SSSR count). The van der Waals surface area contributed by atoms with Crippen LogP contribution in [0.2, 0.25) is 0 Å². The molecule has 0 radical (unpaired) electrons. The van der Waals surface area contributed by atoms with Gasteiger partial charge in [0.05, 0.1) is 7.11 Å². The summed E-state index contributed by atoms with van der Waals surface area (Å²) < 4.78 is 15.9. The minimum Gasteiger partial charge on any atom is -0.497 e. The van der Waals surface area contributed by atoms with Gasteiger partial charge in [0.15, 0.2) is 6.10 Å². The Kier molecular flexibility index (Phi) is 5.48. The molecule has 0 aliphatic heterocycles. The van der Waals surface area contributed by atoms with E-state index < -0.39 is 6.10 Å². The fraction of sp³-hybridized carbons (Fsp3) is 0.211. The van der Waals surface area contributed by atoms with E-state index in [-0.39, 0.29) is 5.91 Å². The third-order valence-corrected chi connectivity index (χ3v) is 3.77. The van der Waals surface area contributed by atoms with E-state index >= 15 is 0 Å². The van der Waals surface area contributed by atoms with E-state index in [0.29, 0.717) is 18.2 Å². The Morgan fingerprint density at radius 3 is 2.42 bits per heavy atom. The van der Waals surface area contributed by atoms with Gasteiger partial charge in [0.25, 0.3) is 5.91 Å². The molecule has 134 valence electrons. The molecule has 3 aromatic rings. The number of amides is 1. The number of rotatable bonds is 7. The third kappa shape index (κ3) is 4.38. The lowest BCUT2D eigenvalue weighted by atomic mass is 10.2. The Morgan fingerprint density at radius 2 is 1.81 bits per heavy atom. The van der Waals surface area contributed by atoms with Crippen molar-refractivity contribution < 1.29 is 18.7 Å². The van der Waals surface area contributed by atoms with Gasteiger partial charge in [0, 0.05) is 12.1 Å². The first kappa shape index (κ1) is 17.5. The number of ether oxygens (including phenoxy) is 2. The standard InChI is InChI=1S/C19H19N3O4/c1-13(18(23)20-11-14-3-7-16(24-2)8-4-14)26-17-9-5-15(6-10-17)19-22-21-12-25-19/h3-10,12-13H,11H2,1-2H3,(H,20,23)/t13-/m1/s1. The second kappa shape index (κ2) is 8.15. The summed E-state index contributed by atoms with van der Waals surface area (Å²) >= 11 is 0. The molecule has 0 spiro atoms. The molecule has 7 heteroatoms. The van der Waals surface area contributed by atoms with Gasteiger partial charge in [-0.1, -0.05) is 12.1 Å². The molecule has 1 amide bonds. The average molecular weight is 353 g/mol. The summed E-state index contributed by atoms with van der Waals surface area (Å²) in [6.07, 6.45) is 0.650. The molecule has 7 nitrogen and oxygen atoms in total. The lowest BCUT2D eigenvalue weighted by Gasteiger charge is -2.15. The van der Waals surface area contributed by atoms with Gasteiger partial charge >= 0.3 is 0 Å². The Bertz CT molecular complexity index is 830. The van der Waals surface area contributed by atoms with Gasteiger partial charge in [-0.05, 0) is 48.9 Å². The fourth-order valence-corrected chi connectivity index (χ4v) is 2.31. The van der Waals surface area contributed by atoms with E-state index in [9.17, 15) is 4.79 Å². The smallest absolute Gasteiger partial charge is 0.261 e. The molecule has 0 aliphatic rings. The predicted molar refractivity (Wildman–Crippen MR) is 94.7 cm³/mol. The van der Waals surface area contributed by atoms with Gasteiger partial charge in [-0.3, -0.25) is 4.79 Å². The molecule has 1 N–H and O–H groups in total. The van der Waals surface area contributed by atoms with Crippen LogP contribution in [0.15, 0.2) is 59.3 Å². The zero-order valence-electron chi connectivity index (χ0n) is 14.5. The van der Waals surface area contributed by atoms with Gasteiger partial charge in [-0.15, -0.1) is 10.2 Å². The molecule has 0 fully saturated rings. The molecule has 0 bridgehead atoms. The monoisotopic (exact) mass is 353 g/mol. The van der Waals surface area contributed by atoms with Gasteiger partial charge < -0.3 is 19.2 Å². The van der Waals surface area contributed by atoms with Gasteiger partial charge in [0.2, 0.25) is 12.3 Å². The van der Waals surface area contributed by atoms with E-state index in [0.717, 1.165) is 16.9 Å². The summed E-state index contributed by atoms with van der Waals surface area (Å²) in [5.41, 5.74) is 1.77. The molecule has 0 aliphatic carbocycles. The first-order valence-corrected chi connectivity index (χ1v) is 8.09. The Morgan fingerprint density at radius 1 is 1.12 bits per heavy atom. The first-order chi connectivity index (χ1) is 12.7. The van der Waals surface area contributed by atoms with Crippen molar-refractivity contribution in [1.82, 2.24) is 15.5 Å². The number of hydrogen-bond donors (Lipinski definition) is 1. The highest BCUT2D eigenvalue weighted by molar-refractivity contribution is 5.80. The fourth-order valence-electron chi connectivity index (χ4n) is 2.31. The van der Waals surface area contributed by atoms with Crippen LogP contribution >= 0.6 is 0 Å². The van der Waals surface area contributed by atoms with Crippen molar-refractivity contribution in [3.63, 3.8) is 0 Å². The maximum absolute atomic E-state index is 12.2. The zero-order chi connectivity index (χ0) is 18.4. The summed E-state index contributed by atoms with van der Waals surface area (Å²) in [6.45, 7) is 2.13. The molecule has 26 heavy (non-hydrogen) atoms. The van der Waals surface area contributed by atoms with Crippen molar-refractivity contribution in [3.8, 4) is 23.0 Å². The second-order valence-corrected chi connectivity index (χ2v) is 5.59. The van der Waals surface area contributed by atoms with Crippen LogP contribution in [0.4, 0.5) is 0 Å². The van der Waals surface area contributed by atoms with Crippen LogP contribution in [0.1, 0.15) is 12.5 Å². The topological polar surface area (TPSA) is 86.5 Å². The lowest BCUT2D eigenvalue weighted by molar-refractivity contribution is -0.127. The molecular weight excluding hydrogens is 334 g/mol. The molecule has 0 saturated carbocycles. The molecule has 1 aromatic heterocycles. The summed E-state index contributed by atoms with van der Waals surface area (Å²) in [5, 5.41) is 10.3. The number of aromatic nitrogens is 2. The highest BCUT2D eigenvalue weighted by Gasteiger charge is 2.14. The Hall–Kier alpha value is -3.35. The number of carbonyl (C=O) groups is 1. The molecule has 1 heterocycles. The van der Waals surface area contributed by atoms with Crippen molar-refractivity contribution in [3.05, 3.63) is 60.5 Å². The number of hydrogen-bond acceptors (Lipinski definition) is 6. The summed E-state index contributed by atoms with van der Waals surface area (Å²) in [4.78, 5) is 12.2. The Balaban J connectivity index is 1.51. The van der Waals surface area contributed by atoms with E-state index in [2.05, 4.69) is 15.5 Å². The van der Waals surface area contributed by atoms with Crippen LogP contribution in [-0.4, -0.2) is 29.3 Å². The van der Waals surface area contributed by atoms with Crippen molar-refractivity contribution in [2.45, 2.75) is 19.6 Å². The van der Waals surface area contributed by atoms with Crippen LogP contribution < -0.4 is 14.8 Å². The second-order valence-electron chi connectivity index (χ2n) is 5.59. The third-order valence-electron chi connectivity index (χ3n) is 3.77.